The van der Waals surface area contributed by atoms with Gasteiger partial charge in [0.05, 0.1) is 5.69 Å². The van der Waals surface area contributed by atoms with E-state index in [0.29, 0.717) is 11.8 Å². The van der Waals surface area contributed by atoms with Crippen LogP contribution in [-0.2, 0) is 6.42 Å². The van der Waals surface area contributed by atoms with Gasteiger partial charge in [0.15, 0.2) is 5.82 Å². The molecule has 0 spiro atoms. The Morgan fingerprint density at radius 3 is 2.26 bits per heavy atom. The first-order chi connectivity index (χ1) is 17.0. The number of unbranched alkanes of at least 4 members (excludes halogenated alkanes) is 1. The maximum atomic E-state index is 4.84. The van der Waals surface area contributed by atoms with Gasteiger partial charge < -0.3 is 0 Å². The second kappa shape index (κ2) is 11.5. The van der Waals surface area contributed by atoms with Crippen LogP contribution in [0.25, 0.3) is 28.2 Å². The number of hydrogen-bond donors (Lipinski definition) is 0. The third kappa shape index (κ3) is 5.73. The van der Waals surface area contributed by atoms with Crippen molar-refractivity contribution in [2.45, 2.75) is 72.6 Å². The quantitative estimate of drug-likeness (QED) is 0.234. The molecule has 0 radical (unpaired) electrons. The molecule has 0 aliphatic carbocycles. The van der Waals surface area contributed by atoms with Crippen molar-refractivity contribution in [3.8, 4) is 28.2 Å². The highest BCUT2D eigenvalue weighted by Crippen LogP contribution is 2.34. The second-order valence-electron chi connectivity index (χ2n) is 10.1. The molecule has 3 heteroatoms. The van der Waals surface area contributed by atoms with Gasteiger partial charge in [-0.3, -0.25) is 4.57 Å². The SMILES string of the molecule is CCCCC(CC)c1nnc(-c2cccc(C)c2)n1-c1ccc(-c2ccccc2)cc1CC(C)C. The Bertz CT molecular complexity index is 1240. The fraction of sp³-hybridized carbons (Fsp3) is 0.375. The molecule has 0 N–H and O–H groups in total. The first kappa shape index (κ1) is 24.9. The normalized spacial score (nSPS) is 12.3. The molecule has 0 saturated heterocycles. The molecule has 4 aromatic rings. The highest BCUT2D eigenvalue weighted by molar-refractivity contribution is 5.68. The van der Waals surface area contributed by atoms with Gasteiger partial charge in [-0.05, 0) is 67.0 Å². The lowest BCUT2D eigenvalue weighted by Gasteiger charge is -2.21. The van der Waals surface area contributed by atoms with Crippen LogP contribution in [0, 0.1) is 12.8 Å². The van der Waals surface area contributed by atoms with Crippen molar-refractivity contribution in [2.75, 3.05) is 0 Å². The molecule has 1 aromatic heterocycles. The zero-order valence-electron chi connectivity index (χ0n) is 22.0. The first-order valence-electron chi connectivity index (χ1n) is 13.2. The largest absolute Gasteiger partial charge is 0.278 e. The molecule has 1 heterocycles. The van der Waals surface area contributed by atoms with Gasteiger partial charge in [-0.1, -0.05) is 101 Å². The molecule has 182 valence electrons. The third-order valence-corrected chi connectivity index (χ3v) is 6.78. The number of rotatable bonds is 10. The maximum absolute atomic E-state index is 4.84. The monoisotopic (exact) mass is 465 g/mol. The standard InChI is InChI=1S/C32H39N3/c1-6-8-14-25(7-2)31-33-34-32(28-17-12-13-24(5)21-28)35(31)30-19-18-27(22-29(30)20-23(3)4)26-15-10-9-11-16-26/h9-13,15-19,21-23,25H,6-8,14,20H2,1-5H3. The van der Waals surface area contributed by atoms with Crippen LogP contribution < -0.4 is 0 Å². The van der Waals surface area contributed by atoms with Gasteiger partial charge in [0, 0.05) is 11.5 Å². The van der Waals surface area contributed by atoms with E-state index >= 15 is 0 Å². The molecule has 1 atom stereocenters. The molecular formula is C32H39N3. The Morgan fingerprint density at radius 2 is 1.57 bits per heavy atom. The summed E-state index contributed by atoms with van der Waals surface area (Å²) in [6, 6.07) is 26.2. The summed E-state index contributed by atoms with van der Waals surface area (Å²) in [6.07, 6.45) is 5.61. The van der Waals surface area contributed by atoms with Crippen molar-refractivity contribution < 1.29 is 0 Å². The average molecular weight is 466 g/mol. The summed E-state index contributed by atoms with van der Waals surface area (Å²) in [6.45, 7) is 11.3. The fourth-order valence-electron chi connectivity index (χ4n) is 4.95. The molecule has 3 aromatic carbocycles. The summed E-state index contributed by atoms with van der Waals surface area (Å²) >= 11 is 0. The van der Waals surface area contributed by atoms with Crippen LogP contribution in [0.3, 0.4) is 0 Å². The predicted molar refractivity (Wildman–Crippen MR) is 148 cm³/mol. The van der Waals surface area contributed by atoms with Crippen molar-refractivity contribution in [1.29, 1.82) is 0 Å². The molecule has 4 rings (SSSR count). The summed E-state index contributed by atoms with van der Waals surface area (Å²) < 4.78 is 2.37. The van der Waals surface area contributed by atoms with E-state index in [-0.39, 0.29) is 0 Å². The molecule has 0 amide bonds. The van der Waals surface area contributed by atoms with Gasteiger partial charge >= 0.3 is 0 Å². The Labute approximate surface area is 211 Å². The Kier molecular flexibility index (Phi) is 8.17. The van der Waals surface area contributed by atoms with E-state index in [1.54, 1.807) is 0 Å². The van der Waals surface area contributed by atoms with E-state index in [4.69, 9.17) is 10.2 Å². The van der Waals surface area contributed by atoms with Crippen LogP contribution in [0.2, 0.25) is 0 Å². The lowest BCUT2D eigenvalue weighted by atomic mass is 9.94. The van der Waals surface area contributed by atoms with E-state index in [9.17, 15) is 0 Å². The third-order valence-electron chi connectivity index (χ3n) is 6.78. The number of aryl methyl sites for hydroxylation is 1. The molecule has 0 fully saturated rings. The van der Waals surface area contributed by atoms with Gasteiger partial charge in [0.25, 0.3) is 0 Å². The van der Waals surface area contributed by atoms with Gasteiger partial charge in [-0.25, -0.2) is 0 Å². The Morgan fingerprint density at radius 1 is 0.800 bits per heavy atom. The van der Waals surface area contributed by atoms with E-state index < -0.39 is 0 Å². The van der Waals surface area contributed by atoms with E-state index in [1.165, 1.54) is 40.8 Å². The van der Waals surface area contributed by atoms with Crippen molar-refractivity contribution in [3.05, 3.63) is 89.7 Å². The fourth-order valence-corrected chi connectivity index (χ4v) is 4.95. The molecule has 0 aliphatic heterocycles. The highest BCUT2D eigenvalue weighted by Gasteiger charge is 2.24. The number of benzene rings is 3. The Hall–Kier alpha value is -3.20. The van der Waals surface area contributed by atoms with Gasteiger partial charge in [-0.15, -0.1) is 10.2 Å². The topological polar surface area (TPSA) is 30.7 Å². The molecule has 1 unspecified atom stereocenters. The molecular weight excluding hydrogens is 426 g/mol. The highest BCUT2D eigenvalue weighted by atomic mass is 15.3. The van der Waals surface area contributed by atoms with Crippen molar-refractivity contribution in [3.63, 3.8) is 0 Å². The summed E-state index contributed by atoms with van der Waals surface area (Å²) in [4.78, 5) is 0. The van der Waals surface area contributed by atoms with Gasteiger partial charge in [0.1, 0.15) is 5.82 Å². The lowest BCUT2D eigenvalue weighted by Crippen LogP contribution is -2.12. The van der Waals surface area contributed by atoms with Crippen LogP contribution in [0.4, 0.5) is 0 Å². The molecule has 0 saturated carbocycles. The van der Waals surface area contributed by atoms with E-state index in [1.807, 2.05) is 0 Å². The van der Waals surface area contributed by atoms with Gasteiger partial charge in [-0.2, -0.15) is 0 Å². The summed E-state index contributed by atoms with van der Waals surface area (Å²) in [5.41, 5.74) is 7.43. The second-order valence-corrected chi connectivity index (χ2v) is 10.1. The van der Waals surface area contributed by atoms with Crippen LogP contribution in [0.15, 0.2) is 72.8 Å². The van der Waals surface area contributed by atoms with E-state index in [0.717, 1.165) is 36.5 Å². The summed E-state index contributed by atoms with van der Waals surface area (Å²) in [5, 5.41) is 9.63. The van der Waals surface area contributed by atoms with Gasteiger partial charge in [0.2, 0.25) is 0 Å². The zero-order chi connectivity index (χ0) is 24.8. The van der Waals surface area contributed by atoms with Crippen LogP contribution in [0.5, 0.6) is 0 Å². The smallest absolute Gasteiger partial charge is 0.168 e. The Balaban J connectivity index is 1.93. The molecule has 0 aliphatic rings. The first-order valence-corrected chi connectivity index (χ1v) is 13.2. The van der Waals surface area contributed by atoms with Crippen LogP contribution in [-0.4, -0.2) is 14.8 Å². The number of nitrogens with zero attached hydrogens (tertiary/aromatic N) is 3. The molecule has 35 heavy (non-hydrogen) atoms. The zero-order valence-corrected chi connectivity index (χ0v) is 22.0. The van der Waals surface area contributed by atoms with E-state index in [2.05, 4.69) is 112 Å². The van der Waals surface area contributed by atoms with Crippen molar-refractivity contribution >= 4 is 0 Å². The predicted octanol–water partition coefficient (Wildman–Crippen LogP) is 8.79. The van der Waals surface area contributed by atoms with Crippen molar-refractivity contribution in [2.24, 2.45) is 5.92 Å². The number of aromatic nitrogens is 3. The summed E-state index contributed by atoms with van der Waals surface area (Å²) in [7, 11) is 0. The minimum Gasteiger partial charge on any atom is -0.278 e. The van der Waals surface area contributed by atoms with Crippen LogP contribution in [0.1, 0.15) is 76.2 Å². The molecule has 0 bridgehead atoms. The molecule has 3 nitrogen and oxygen atoms in total. The summed E-state index contributed by atoms with van der Waals surface area (Å²) in [5.74, 6) is 2.97. The maximum Gasteiger partial charge on any atom is 0.168 e. The minimum absolute atomic E-state index is 0.390. The minimum atomic E-state index is 0.390. The average Bonchev–Trinajstić information content (AvgIpc) is 3.29. The van der Waals surface area contributed by atoms with Crippen LogP contribution >= 0.6 is 0 Å². The lowest BCUT2D eigenvalue weighted by molar-refractivity contribution is 0.534. The number of hydrogen-bond acceptors (Lipinski definition) is 2. The van der Waals surface area contributed by atoms with Crippen molar-refractivity contribution in [1.82, 2.24) is 14.8 Å².